The zero-order valence-electron chi connectivity index (χ0n) is 11.0. The van der Waals surface area contributed by atoms with Crippen molar-refractivity contribution < 1.29 is 0 Å². The third-order valence-electron chi connectivity index (χ3n) is 3.14. The Morgan fingerprint density at radius 1 is 1.00 bits per heavy atom. The van der Waals surface area contributed by atoms with Gasteiger partial charge in [-0.25, -0.2) is 4.98 Å². The number of hydrogen-bond donors (Lipinski definition) is 2. The van der Waals surface area contributed by atoms with Crippen molar-refractivity contribution >= 4 is 55.4 Å². The van der Waals surface area contributed by atoms with Crippen LogP contribution in [-0.4, -0.2) is 9.97 Å². The van der Waals surface area contributed by atoms with Crippen molar-refractivity contribution in [2.45, 2.75) is 0 Å². The molecule has 0 saturated heterocycles. The fraction of sp³-hybridized carbons (Fsp3) is 0. The highest BCUT2D eigenvalue weighted by Gasteiger charge is 2.06. The summed E-state index contributed by atoms with van der Waals surface area (Å²) in [7, 11) is 0. The van der Waals surface area contributed by atoms with E-state index in [9.17, 15) is 0 Å². The van der Waals surface area contributed by atoms with E-state index in [4.69, 9.17) is 18.0 Å². The minimum Gasteiger partial charge on any atom is -0.388 e. The van der Waals surface area contributed by atoms with E-state index in [1.165, 1.54) is 0 Å². The number of thiocarbonyl (C=S) groups is 1. The van der Waals surface area contributed by atoms with Gasteiger partial charge in [-0.05, 0) is 29.7 Å². The first kappa shape index (κ1) is 14.0. The van der Waals surface area contributed by atoms with Crippen LogP contribution >= 0.6 is 28.1 Å². The van der Waals surface area contributed by atoms with Gasteiger partial charge in [0.2, 0.25) is 0 Å². The van der Waals surface area contributed by atoms with Crippen molar-refractivity contribution in [1.29, 1.82) is 0 Å². The molecule has 1 heterocycles. The number of pyridine rings is 1. The van der Waals surface area contributed by atoms with Crippen molar-refractivity contribution in [3.05, 3.63) is 64.8 Å². The maximum absolute atomic E-state index is 5.62. The highest BCUT2D eigenvalue weighted by atomic mass is 79.9. The van der Waals surface area contributed by atoms with Gasteiger partial charge in [0.15, 0.2) is 0 Å². The van der Waals surface area contributed by atoms with Crippen LogP contribution in [0.3, 0.4) is 0 Å². The molecular formula is C16H12BrN3S. The lowest BCUT2D eigenvalue weighted by Gasteiger charge is -2.11. The number of rotatable bonds is 3. The number of anilines is 2. The normalized spacial score (nSPS) is 10.5. The summed E-state index contributed by atoms with van der Waals surface area (Å²) in [5.74, 6) is 0.716. The van der Waals surface area contributed by atoms with E-state index in [1.807, 2.05) is 36.4 Å². The molecule has 0 bridgehead atoms. The second kappa shape index (κ2) is 5.79. The summed E-state index contributed by atoms with van der Waals surface area (Å²) in [4.78, 5) is 4.70. The molecule has 0 unspecified atom stereocenters. The maximum atomic E-state index is 5.62. The average Bonchev–Trinajstić information content (AvgIpc) is 2.51. The highest BCUT2D eigenvalue weighted by molar-refractivity contribution is 9.10. The fourth-order valence-electron chi connectivity index (χ4n) is 2.15. The lowest BCUT2D eigenvalue weighted by atomic mass is 10.1. The third-order valence-corrected chi connectivity index (χ3v) is 4.04. The third kappa shape index (κ3) is 2.89. The number of nitrogens with zero attached hydrogens (tertiary/aromatic N) is 1. The van der Waals surface area contributed by atoms with Crippen molar-refractivity contribution in [2.75, 3.05) is 5.32 Å². The summed E-state index contributed by atoms with van der Waals surface area (Å²) in [5.41, 5.74) is 7.22. The standard InChI is InChI=1S/C16H12BrN3S/c17-12-8-9-13(11-5-2-1-4-10(11)12)19-15-7-3-6-14(20-15)16(18)21/h1-9H,(H2,18,21)(H,19,20). The van der Waals surface area contributed by atoms with E-state index in [2.05, 4.69) is 38.4 Å². The maximum Gasteiger partial charge on any atom is 0.131 e. The number of halogens is 1. The molecule has 5 heteroatoms. The van der Waals surface area contributed by atoms with Crippen LogP contribution in [0.1, 0.15) is 5.69 Å². The predicted molar refractivity (Wildman–Crippen MR) is 95.1 cm³/mol. The summed E-state index contributed by atoms with van der Waals surface area (Å²) in [5, 5.41) is 5.59. The molecule has 104 valence electrons. The summed E-state index contributed by atoms with van der Waals surface area (Å²) in [6.07, 6.45) is 0. The van der Waals surface area contributed by atoms with Gasteiger partial charge in [0, 0.05) is 15.5 Å². The van der Waals surface area contributed by atoms with Gasteiger partial charge < -0.3 is 11.1 Å². The van der Waals surface area contributed by atoms with E-state index >= 15 is 0 Å². The van der Waals surface area contributed by atoms with Crippen LogP contribution in [0, 0.1) is 0 Å². The van der Waals surface area contributed by atoms with E-state index in [0.29, 0.717) is 16.5 Å². The van der Waals surface area contributed by atoms with Crippen LogP contribution < -0.4 is 11.1 Å². The highest BCUT2D eigenvalue weighted by Crippen LogP contribution is 2.31. The van der Waals surface area contributed by atoms with Gasteiger partial charge in [0.1, 0.15) is 10.8 Å². The molecular weight excluding hydrogens is 346 g/mol. The molecule has 0 aliphatic heterocycles. The zero-order chi connectivity index (χ0) is 14.8. The van der Waals surface area contributed by atoms with Crippen LogP contribution in [0.15, 0.2) is 59.1 Å². The van der Waals surface area contributed by atoms with E-state index < -0.39 is 0 Å². The Labute approximate surface area is 136 Å². The lowest BCUT2D eigenvalue weighted by molar-refractivity contribution is 1.28. The van der Waals surface area contributed by atoms with E-state index in [-0.39, 0.29) is 0 Å². The summed E-state index contributed by atoms with van der Waals surface area (Å²) in [6.45, 7) is 0. The molecule has 0 spiro atoms. The Bertz CT molecular complexity index is 833. The van der Waals surface area contributed by atoms with E-state index in [0.717, 1.165) is 20.9 Å². The number of benzene rings is 2. The molecule has 0 atom stereocenters. The molecule has 3 rings (SSSR count). The second-order valence-corrected chi connectivity index (χ2v) is 5.83. The minimum atomic E-state index is 0.291. The molecule has 0 aliphatic rings. The van der Waals surface area contributed by atoms with Crippen molar-refractivity contribution in [2.24, 2.45) is 5.73 Å². The first-order chi connectivity index (χ1) is 10.1. The molecule has 0 amide bonds. The molecule has 21 heavy (non-hydrogen) atoms. The van der Waals surface area contributed by atoms with Gasteiger partial charge in [-0.15, -0.1) is 0 Å². The number of hydrogen-bond acceptors (Lipinski definition) is 3. The molecule has 0 fully saturated rings. The average molecular weight is 358 g/mol. The van der Waals surface area contributed by atoms with Gasteiger partial charge in [0.05, 0.1) is 5.69 Å². The first-order valence-electron chi connectivity index (χ1n) is 6.36. The van der Waals surface area contributed by atoms with Gasteiger partial charge >= 0.3 is 0 Å². The second-order valence-electron chi connectivity index (χ2n) is 4.54. The van der Waals surface area contributed by atoms with Crippen LogP contribution in [0.25, 0.3) is 10.8 Å². The van der Waals surface area contributed by atoms with Crippen LogP contribution in [-0.2, 0) is 0 Å². The molecule has 3 aromatic rings. The van der Waals surface area contributed by atoms with Crippen molar-refractivity contribution in [3.8, 4) is 0 Å². The monoisotopic (exact) mass is 357 g/mol. The van der Waals surface area contributed by atoms with Crippen LogP contribution in [0.2, 0.25) is 0 Å². The van der Waals surface area contributed by atoms with Gasteiger partial charge in [-0.2, -0.15) is 0 Å². The number of nitrogens with one attached hydrogen (secondary N) is 1. The fourth-order valence-corrected chi connectivity index (χ4v) is 2.74. The number of nitrogens with two attached hydrogens (primary N) is 1. The summed E-state index contributed by atoms with van der Waals surface area (Å²) in [6, 6.07) is 17.8. The van der Waals surface area contributed by atoms with Crippen molar-refractivity contribution in [1.82, 2.24) is 4.98 Å². The minimum absolute atomic E-state index is 0.291. The summed E-state index contributed by atoms with van der Waals surface area (Å²) < 4.78 is 1.06. The predicted octanol–water partition coefficient (Wildman–Crippen LogP) is 4.38. The molecule has 2 aromatic carbocycles. The number of fused-ring (bicyclic) bond motifs is 1. The SMILES string of the molecule is NC(=S)c1cccc(Nc2ccc(Br)c3ccccc23)n1. The Kier molecular flexibility index (Phi) is 3.86. The van der Waals surface area contributed by atoms with E-state index in [1.54, 1.807) is 6.07 Å². The largest absolute Gasteiger partial charge is 0.388 e. The molecule has 3 nitrogen and oxygen atoms in total. The van der Waals surface area contributed by atoms with Gasteiger partial charge in [0.25, 0.3) is 0 Å². The summed E-state index contributed by atoms with van der Waals surface area (Å²) >= 11 is 8.53. The number of aromatic nitrogens is 1. The van der Waals surface area contributed by atoms with Crippen molar-refractivity contribution in [3.63, 3.8) is 0 Å². The smallest absolute Gasteiger partial charge is 0.131 e. The Morgan fingerprint density at radius 3 is 2.52 bits per heavy atom. The van der Waals surface area contributed by atoms with Crippen LogP contribution in [0.5, 0.6) is 0 Å². The van der Waals surface area contributed by atoms with Crippen LogP contribution in [0.4, 0.5) is 11.5 Å². The topological polar surface area (TPSA) is 50.9 Å². The molecule has 3 N–H and O–H groups in total. The first-order valence-corrected chi connectivity index (χ1v) is 7.56. The Morgan fingerprint density at radius 2 is 1.76 bits per heavy atom. The lowest BCUT2D eigenvalue weighted by Crippen LogP contribution is -2.12. The van der Waals surface area contributed by atoms with Gasteiger partial charge in [-0.3, -0.25) is 0 Å². The molecule has 1 aromatic heterocycles. The molecule has 0 radical (unpaired) electrons. The molecule has 0 saturated carbocycles. The Hall–Kier alpha value is -1.98. The Balaban J connectivity index is 2.04. The quantitative estimate of drug-likeness (QED) is 0.683. The molecule has 0 aliphatic carbocycles. The zero-order valence-corrected chi connectivity index (χ0v) is 13.4. The van der Waals surface area contributed by atoms with Gasteiger partial charge in [-0.1, -0.05) is 58.5 Å².